The van der Waals surface area contributed by atoms with E-state index in [1.54, 1.807) is 37.5 Å². The number of esters is 2. The Hall–Kier alpha value is -2.98. The minimum atomic E-state index is -0.587. The summed E-state index contributed by atoms with van der Waals surface area (Å²) in [6.45, 7) is -0.346. The highest BCUT2D eigenvalue weighted by molar-refractivity contribution is 7.21. The number of anilines is 1. The van der Waals surface area contributed by atoms with E-state index in [1.807, 2.05) is 0 Å². The molecule has 3 rings (SSSR count). The van der Waals surface area contributed by atoms with Crippen molar-refractivity contribution in [3.8, 4) is 5.75 Å². The normalized spacial score (nSPS) is 10.5. The maximum absolute atomic E-state index is 12.7. The monoisotopic (exact) mass is 420 g/mol. The van der Waals surface area contributed by atoms with Gasteiger partial charge in [0.25, 0.3) is 5.91 Å². The largest absolute Gasteiger partial charge is 0.479 e. The molecule has 0 aliphatic rings. The minimum absolute atomic E-state index is 0.210. The lowest BCUT2D eigenvalue weighted by Gasteiger charge is -2.14. The number of benzene rings is 1. The second-order valence-corrected chi connectivity index (χ2v) is 7.41. The van der Waals surface area contributed by atoms with Gasteiger partial charge in [0.1, 0.15) is 5.00 Å². The molecule has 0 saturated heterocycles. The molecular formula is C18H16N2O6S2. The zero-order chi connectivity index (χ0) is 20.3. The number of carbonyl (C=O) groups excluding carboxylic acids is 3. The van der Waals surface area contributed by atoms with Crippen molar-refractivity contribution in [2.75, 3.05) is 32.8 Å². The second kappa shape index (κ2) is 8.36. The average molecular weight is 420 g/mol. The fourth-order valence-corrected chi connectivity index (χ4v) is 4.10. The molecule has 28 heavy (non-hydrogen) atoms. The number of fused-ring (bicyclic) bond motifs is 1. The van der Waals surface area contributed by atoms with Gasteiger partial charge in [0.15, 0.2) is 17.2 Å². The van der Waals surface area contributed by atoms with Crippen molar-refractivity contribution in [3.05, 3.63) is 40.9 Å². The van der Waals surface area contributed by atoms with Crippen molar-refractivity contribution >= 4 is 55.8 Å². The molecule has 0 aliphatic carbocycles. The van der Waals surface area contributed by atoms with Crippen molar-refractivity contribution in [2.24, 2.45) is 0 Å². The van der Waals surface area contributed by atoms with E-state index in [0.717, 1.165) is 11.3 Å². The molecule has 0 radical (unpaired) electrons. The van der Waals surface area contributed by atoms with E-state index < -0.39 is 11.9 Å². The summed E-state index contributed by atoms with van der Waals surface area (Å²) in [7, 11) is 4.17. The smallest absolute Gasteiger partial charge is 0.351 e. The average Bonchev–Trinajstić information content (AvgIpc) is 3.37. The van der Waals surface area contributed by atoms with E-state index in [-0.39, 0.29) is 23.1 Å². The summed E-state index contributed by atoms with van der Waals surface area (Å²) in [4.78, 5) is 38.0. The topological polar surface area (TPSA) is 95.0 Å². The zero-order valence-corrected chi connectivity index (χ0v) is 16.9. The first kappa shape index (κ1) is 19.8. The predicted molar refractivity (Wildman–Crippen MR) is 106 cm³/mol. The van der Waals surface area contributed by atoms with Crippen LogP contribution >= 0.6 is 22.9 Å². The summed E-state index contributed by atoms with van der Waals surface area (Å²) in [5, 5.41) is 1.32. The summed E-state index contributed by atoms with van der Waals surface area (Å²) in [6.07, 6.45) is 1.62. The maximum Gasteiger partial charge on any atom is 0.351 e. The van der Waals surface area contributed by atoms with Crippen LogP contribution in [0.1, 0.15) is 20.0 Å². The van der Waals surface area contributed by atoms with Gasteiger partial charge in [-0.05, 0) is 35.8 Å². The molecule has 0 unspecified atom stereocenters. The van der Waals surface area contributed by atoms with E-state index in [9.17, 15) is 14.4 Å². The molecule has 1 aromatic carbocycles. The lowest BCUT2D eigenvalue weighted by Crippen LogP contribution is -2.25. The molecular weight excluding hydrogens is 404 g/mol. The third kappa shape index (κ3) is 3.82. The Labute approximate surface area is 168 Å². The van der Waals surface area contributed by atoms with Crippen LogP contribution in [0.2, 0.25) is 0 Å². The SMILES string of the molecule is COC(=O)COc1c(C(=O)OC)sc2cc(C(=O)N(C)c3ccns3)ccc12. The Bertz CT molecular complexity index is 1030. The lowest BCUT2D eigenvalue weighted by atomic mass is 10.1. The first-order valence-electron chi connectivity index (χ1n) is 7.99. The summed E-state index contributed by atoms with van der Waals surface area (Å²) in [5.74, 6) is -1.15. The van der Waals surface area contributed by atoms with Gasteiger partial charge in [0.2, 0.25) is 0 Å². The number of amides is 1. The quantitative estimate of drug-likeness (QED) is 0.566. The number of methoxy groups -OCH3 is 2. The Kier molecular flexibility index (Phi) is 5.90. The Morgan fingerprint density at radius 3 is 2.57 bits per heavy atom. The molecule has 10 heteroatoms. The molecule has 146 valence electrons. The molecule has 2 aromatic heterocycles. The number of aromatic nitrogens is 1. The molecule has 0 fully saturated rings. The number of carbonyl (C=O) groups is 3. The van der Waals surface area contributed by atoms with Crippen LogP contribution in [0.15, 0.2) is 30.5 Å². The zero-order valence-electron chi connectivity index (χ0n) is 15.3. The molecule has 3 aromatic rings. The highest BCUT2D eigenvalue weighted by atomic mass is 32.1. The van der Waals surface area contributed by atoms with Gasteiger partial charge in [-0.15, -0.1) is 11.3 Å². The van der Waals surface area contributed by atoms with Crippen LogP contribution in [0.3, 0.4) is 0 Å². The number of hydrogen-bond acceptors (Lipinski definition) is 9. The van der Waals surface area contributed by atoms with Crippen molar-refractivity contribution in [3.63, 3.8) is 0 Å². The van der Waals surface area contributed by atoms with E-state index in [4.69, 9.17) is 9.47 Å². The first-order chi connectivity index (χ1) is 13.5. The van der Waals surface area contributed by atoms with Gasteiger partial charge in [0.05, 0.1) is 14.2 Å². The number of rotatable bonds is 6. The summed E-state index contributed by atoms with van der Waals surface area (Å²) in [5.41, 5.74) is 0.445. The van der Waals surface area contributed by atoms with E-state index in [1.165, 1.54) is 30.7 Å². The van der Waals surface area contributed by atoms with Crippen LogP contribution in [0, 0.1) is 0 Å². The number of nitrogens with zero attached hydrogens (tertiary/aromatic N) is 2. The Morgan fingerprint density at radius 2 is 1.93 bits per heavy atom. The van der Waals surface area contributed by atoms with Crippen LogP contribution in [-0.2, 0) is 14.3 Å². The number of ether oxygens (including phenoxy) is 3. The Morgan fingerprint density at radius 1 is 1.14 bits per heavy atom. The van der Waals surface area contributed by atoms with Gasteiger partial charge >= 0.3 is 11.9 Å². The standard InChI is InChI=1S/C18H16N2O6S2/c1-20(13-6-7-19-28-13)17(22)10-4-5-11-12(8-10)27-16(18(23)25-3)15(11)26-9-14(21)24-2/h4-8H,9H2,1-3H3. The lowest BCUT2D eigenvalue weighted by molar-refractivity contribution is -0.142. The summed E-state index contributed by atoms with van der Waals surface area (Å²) < 4.78 is 19.5. The van der Waals surface area contributed by atoms with Gasteiger partial charge in [0, 0.05) is 28.9 Å². The molecule has 0 spiro atoms. The molecule has 1 amide bonds. The molecule has 2 heterocycles. The fourth-order valence-electron chi connectivity index (χ4n) is 2.44. The van der Waals surface area contributed by atoms with Crippen LogP contribution in [0.25, 0.3) is 10.1 Å². The first-order valence-corrected chi connectivity index (χ1v) is 9.58. The van der Waals surface area contributed by atoms with Crippen LogP contribution < -0.4 is 9.64 Å². The van der Waals surface area contributed by atoms with Crippen LogP contribution in [-0.4, -0.2) is 50.1 Å². The summed E-state index contributed by atoms with van der Waals surface area (Å²) in [6, 6.07) is 6.75. The molecule has 0 aliphatic heterocycles. The van der Waals surface area contributed by atoms with Crippen LogP contribution in [0.5, 0.6) is 5.75 Å². The van der Waals surface area contributed by atoms with Gasteiger partial charge in [-0.25, -0.2) is 9.59 Å². The van der Waals surface area contributed by atoms with Gasteiger partial charge in [-0.2, -0.15) is 4.37 Å². The van der Waals surface area contributed by atoms with Gasteiger partial charge < -0.3 is 19.1 Å². The molecule has 0 atom stereocenters. The van der Waals surface area contributed by atoms with E-state index in [0.29, 0.717) is 20.7 Å². The van der Waals surface area contributed by atoms with E-state index >= 15 is 0 Å². The molecule has 0 bridgehead atoms. The van der Waals surface area contributed by atoms with Gasteiger partial charge in [-0.1, -0.05) is 0 Å². The fraction of sp³-hybridized carbons (Fsp3) is 0.222. The second-order valence-electron chi connectivity index (χ2n) is 5.54. The van der Waals surface area contributed by atoms with Crippen molar-refractivity contribution in [1.82, 2.24) is 4.37 Å². The van der Waals surface area contributed by atoms with E-state index in [2.05, 4.69) is 9.11 Å². The third-order valence-electron chi connectivity index (χ3n) is 3.88. The minimum Gasteiger partial charge on any atom is -0.479 e. The van der Waals surface area contributed by atoms with Crippen molar-refractivity contribution < 1.29 is 28.6 Å². The molecule has 0 saturated carbocycles. The molecule has 0 N–H and O–H groups in total. The third-order valence-corrected chi connectivity index (χ3v) is 5.82. The maximum atomic E-state index is 12.7. The predicted octanol–water partition coefficient (Wildman–Crippen LogP) is 2.97. The Balaban J connectivity index is 1.98. The van der Waals surface area contributed by atoms with Crippen molar-refractivity contribution in [1.29, 1.82) is 0 Å². The molecule has 8 nitrogen and oxygen atoms in total. The number of thiophene rings is 1. The highest BCUT2D eigenvalue weighted by Crippen LogP contribution is 2.39. The van der Waals surface area contributed by atoms with Crippen LogP contribution in [0.4, 0.5) is 5.00 Å². The number of hydrogen-bond donors (Lipinski definition) is 0. The van der Waals surface area contributed by atoms with Gasteiger partial charge in [-0.3, -0.25) is 4.79 Å². The highest BCUT2D eigenvalue weighted by Gasteiger charge is 2.23. The van der Waals surface area contributed by atoms with Crippen molar-refractivity contribution in [2.45, 2.75) is 0 Å². The summed E-state index contributed by atoms with van der Waals surface area (Å²) >= 11 is 2.34.